The number of hydrogen-bond acceptors (Lipinski definition) is 6. The van der Waals surface area contributed by atoms with Crippen LogP contribution in [-0.4, -0.2) is 34.7 Å². The zero-order valence-corrected chi connectivity index (χ0v) is 14.8. The molecule has 0 bridgehead atoms. The molecule has 0 fully saturated rings. The van der Waals surface area contributed by atoms with Gasteiger partial charge in [-0.1, -0.05) is 24.3 Å². The van der Waals surface area contributed by atoms with Gasteiger partial charge in [-0.05, 0) is 35.8 Å². The first-order valence-electron chi connectivity index (χ1n) is 7.23. The summed E-state index contributed by atoms with van der Waals surface area (Å²) < 4.78 is 4.63. The Kier molecular flexibility index (Phi) is 5.01. The average Bonchev–Trinajstić information content (AvgIpc) is 3.25. The van der Waals surface area contributed by atoms with E-state index < -0.39 is 5.97 Å². The van der Waals surface area contributed by atoms with Crippen molar-refractivity contribution in [2.24, 2.45) is 5.10 Å². The van der Waals surface area contributed by atoms with Crippen LogP contribution in [0.3, 0.4) is 0 Å². The van der Waals surface area contributed by atoms with Gasteiger partial charge >= 0.3 is 5.97 Å². The van der Waals surface area contributed by atoms with E-state index in [-0.39, 0.29) is 22.3 Å². The van der Waals surface area contributed by atoms with Gasteiger partial charge in [0.1, 0.15) is 5.70 Å². The highest BCUT2D eigenvalue weighted by molar-refractivity contribution is 7.80. The molecule has 126 valence electrons. The summed E-state index contributed by atoms with van der Waals surface area (Å²) in [7, 11) is 1.24. The lowest BCUT2D eigenvalue weighted by atomic mass is 10.1. The van der Waals surface area contributed by atoms with E-state index in [1.54, 1.807) is 6.07 Å². The summed E-state index contributed by atoms with van der Waals surface area (Å²) in [5.41, 5.74) is 1.03. The number of allylic oxidation sites excluding steroid dienone is 1. The molecule has 2 aromatic rings. The number of esters is 1. The molecule has 1 aromatic carbocycles. The molecular formula is C17H13N3O3S2. The first-order chi connectivity index (χ1) is 12.1. The maximum absolute atomic E-state index is 12.7. The molecule has 6 nitrogen and oxygen atoms in total. The Morgan fingerprint density at radius 1 is 1.28 bits per heavy atom. The summed E-state index contributed by atoms with van der Waals surface area (Å²) in [6.45, 7) is 0. The van der Waals surface area contributed by atoms with Gasteiger partial charge in [0.2, 0.25) is 5.78 Å². The van der Waals surface area contributed by atoms with Crippen LogP contribution in [0.1, 0.15) is 4.88 Å². The van der Waals surface area contributed by atoms with Crippen LogP contribution < -0.4 is 5.32 Å². The van der Waals surface area contributed by atoms with Crippen molar-refractivity contribution in [1.29, 1.82) is 0 Å². The normalized spacial score (nSPS) is 15.2. The van der Waals surface area contributed by atoms with Gasteiger partial charge in [-0.3, -0.25) is 4.79 Å². The molecule has 1 aliphatic heterocycles. The van der Waals surface area contributed by atoms with E-state index in [2.05, 4.69) is 15.2 Å². The third-order valence-corrected chi connectivity index (χ3v) is 4.46. The van der Waals surface area contributed by atoms with Crippen LogP contribution in [0.5, 0.6) is 0 Å². The summed E-state index contributed by atoms with van der Waals surface area (Å²) in [5.74, 6) is -1.04. The van der Waals surface area contributed by atoms with Crippen molar-refractivity contribution in [3.63, 3.8) is 0 Å². The Hall–Kier alpha value is -2.84. The summed E-state index contributed by atoms with van der Waals surface area (Å²) in [4.78, 5) is 25.0. The summed E-state index contributed by atoms with van der Waals surface area (Å²) in [6, 6.07) is 12.9. The number of benzene rings is 1. The average molecular weight is 371 g/mol. The van der Waals surface area contributed by atoms with E-state index in [9.17, 15) is 9.59 Å². The van der Waals surface area contributed by atoms with Crippen molar-refractivity contribution in [3.05, 3.63) is 64.5 Å². The predicted octanol–water partition coefficient (Wildman–Crippen LogP) is 2.79. The molecule has 3 rings (SSSR count). The van der Waals surface area contributed by atoms with E-state index in [0.717, 1.165) is 11.8 Å². The fourth-order valence-electron chi connectivity index (χ4n) is 2.14. The molecule has 8 heteroatoms. The first-order valence-corrected chi connectivity index (χ1v) is 8.52. The molecule has 0 atom stereocenters. The number of thiophene rings is 1. The predicted molar refractivity (Wildman–Crippen MR) is 100 cm³/mol. The van der Waals surface area contributed by atoms with Crippen molar-refractivity contribution >= 4 is 51.8 Å². The van der Waals surface area contributed by atoms with Crippen molar-refractivity contribution in [2.45, 2.75) is 0 Å². The molecule has 0 aliphatic carbocycles. The van der Waals surface area contributed by atoms with E-state index in [4.69, 9.17) is 12.2 Å². The van der Waals surface area contributed by atoms with Crippen molar-refractivity contribution in [2.75, 3.05) is 12.4 Å². The second-order valence-corrected chi connectivity index (χ2v) is 6.25. The molecule has 0 unspecified atom stereocenters. The van der Waals surface area contributed by atoms with Crippen LogP contribution in [-0.2, 0) is 14.3 Å². The second kappa shape index (κ2) is 7.37. The largest absolute Gasteiger partial charge is 0.466 e. The highest BCUT2D eigenvalue weighted by Gasteiger charge is 2.34. The number of methoxy groups -OCH3 is 1. The fourth-order valence-corrected chi connectivity index (χ4v) is 3.10. The van der Waals surface area contributed by atoms with Crippen LogP contribution in [0.25, 0.3) is 0 Å². The number of anilines is 1. The van der Waals surface area contributed by atoms with Gasteiger partial charge in [0.05, 0.1) is 18.1 Å². The Morgan fingerprint density at radius 2 is 2.04 bits per heavy atom. The Balaban J connectivity index is 1.94. The fraction of sp³-hybridized carbons (Fsp3) is 0.0588. The highest BCUT2D eigenvalue weighted by atomic mass is 32.1. The molecule has 1 N–H and O–H groups in total. The van der Waals surface area contributed by atoms with Crippen LogP contribution >= 0.6 is 23.6 Å². The van der Waals surface area contributed by atoms with Crippen molar-refractivity contribution in [1.82, 2.24) is 5.01 Å². The summed E-state index contributed by atoms with van der Waals surface area (Å²) in [5, 5.41) is 10.6. The van der Waals surface area contributed by atoms with Crippen LogP contribution in [0, 0.1) is 0 Å². The Bertz CT molecular complexity index is 874. The number of ether oxygens (including phenoxy) is 1. The zero-order valence-electron chi connectivity index (χ0n) is 13.1. The molecule has 1 aliphatic rings. The molecule has 0 spiro atoms. The van der Waals surface area contributed by atoms with Gasteiger partial charge in [-0.15, -0.1) is 11.3 Å². The number of ketones is 1. The monoisotopic (exact) mass is 371 g/mol. The minimum Gasteiger partial charge on any atom is -0.466 e. The van der Waals surface area contributed by atoms with Gasteiger partial charge in [0, 0.05) is 5.69 Å². The maximum Gasteiger partial charge on any atom is 0.332 e. The van der Waals surface area contributed by atoms with E-state index in [1.807, 2.05) is 41.8 Å². The number of hydrogen-bond donors (Lipinski definition) is 1. The number of hydrazone groups is 1. The number of nitrogens with one attached hydrogen (secondary N) is 1. The maximum atomic E-state index is 12.7. The lowest BCUT2D eigenvalue weighted by Crippen LogP contribution is -2.29. The van der Waals surface area contributed by atoms with Crippen molar-refractivity contribution in [3.8, 4) is 0 Å². The molecule has 0 saturated heterocycles. The summed E-state index contributed by atoms with van der Waals surface area (Å²) >= 11 is 6.75. The van der Waals surface area contributed by atoms with E-state index >= 15 is 0 Å². The summed E-state index contributed by atoms with van der Waals surface area (Å²) in [6.07, 6.45) is 1.09. The molecule has 0 amide bonds. The van der Waals surface area contributed by atoms with E-state index in [1.165, 1.54) is 23.5 Å². The number of Topliss-reactive ketones (excluding diaryl/α,β-unsaturated/α-hetero) is 1. The molecule has 25 heavy (non-hydrogen) atoms. The molecule has 0 radical (unpaired) electrons. The Morgan fingerprint density at radius 3 is 2.68 bits per heavy atom. The van der Waals surface area contributed by atoms with Gasteiger partial charge in [-0.2, -0.15) is 5.10 Å². The van der Waals surface area contributed by atoms with Crippen LogP contribution in [0.15, 0.2) is 64.7 Å². The number of nitrogens with zero attached hydrogens (tertiary/aromatic N) is 2. The lowest BCUT2D eigenvalue weighted by Gasteiger charge is -2.17. The molecule has 1 aromatic heterocycles. The number of rotatable bonds is 3. The zero-order chi connectivity index (χ0) is 17.8. The topological polar surface area (TPSA) is 71.0 Å². The van der Waals surface area contributed by atoms with E-state index in [0.29, 0.717) is 4.88 Å². The lowest BCUT2D eigenvalue weighted by molar-refractivity contribution is -0.135. The minimum absolute atomic E-state index is 0.0451. The van der Waals surface area contributed by atoms with Crippen molar-refractivity contribution < 1.29 is 14.3 Å². The molecule has 0 saturated carbocycles. The minimum atomic E-state index is -0.654. The van der Waals surface area contributed by atoms with Crippen LogP contribution in [0.4, 0.5) is 5.69 Å². The highest BCUT2D eigenvalue weighted by Crippen LogP contribution is 2.24. The first kappa shape index (κ1) is 17.0. The smallest absolute Gasteiger partial charge is 0.332 e. The number of carbonyl (C=O) groups is 2. The standard InChI is InChI=1S/C17H13N3O3S2/c1-23-14(21)10-12-16(22)15(13-8-5-9-25-13)19-20(12)17(24)18-11-6-3-2-4-7-11/h2-10H,1H3,(H,18,24)/b12-10+. The number of thiocarbonyl (C=S) groups is 1. The Labute approximate surface area is 153 Å². The van der Waals surface area contributed by atoms with Gasteiger partial charge in [-0.25, -0.2) is 9.80 Å². The van der Waals surface area contributed by atoms with Crippen LogP contribution in [0.2, 0.25) is 0 Å². The number of carbonyl (C=O) groups excluding carboxylic acids is 2. The second-order valence-electron chi connectivity index (χ2n) is 4.92. The van der Waals surface area contributed by atoms with Gasteiger partial charge in [0.15, 0.2) is 10.8 Å². The molecule has 2 heterocycles. The quantitative estimate of drug-likeness (QED) is 0.508. The molecular weight excluding hydrogens is 358 g/mol. The third-order valence-electron chi connectivity index (χ3n) is 3.30. The SMILES string of the molecule is COC(=O)/C=C1\C(=O)C(c2cccs2)=NN1C(=S)Nc1ccccc1. The number of para-hydroxylation sites is 1. The van der Waals surface area contributed by atoms with Gasteiger partial charge in [0.25, 0.3) is 0 Å². The third kappa shape index (κ3) is 3.65. The van der Waals surface area contributed by atoms with Gasteiger partial charge < -0.3 is 10.1 Å².